The molecule has 4 fully saturated rings. The number of hydrogen-bond acceptors (Lipinski definition) is 5. The van der Waals surface area contributed by atoms with Gasteiger partial charge in [-0.2, -0.15) is 5.10 Å². The quantitative estimate of drug-likeness (QED) is 0.709. The van der Waals surface area contributed by atoms with Gasteiger partial charge in [-0.3, -0.25) is 4.79 Å². The third-order valence-electron chi connectivity index (χ3n) is 7.79. The summed E-state index contributed by atoms with van der Waals surface area (Å²) in [6.45, 7) is 2.50. The van der Waals surface area contributed by atoms with Gasteiger partial charge in [0.1, 0.15) is 12.2 Å². The average molecular weight is 425 g/mol. The maximum atomic E-state index is 13.9. The van der Waals surface area contributed by atoms with E-state index in [9.17, 15) is 4.79 Å². The predicted molar refractivity (Wildman–Crippen MR) is 116 cm³/mol. The summed E-state index contributed by atoms with van der Waals surface area (Å²) in [7, 11) is 5.20. The number of carbonyl (C=O) groups is 1. The molecule has 7 heteroatoms. The molecule has 31 heavy (non-hydrogen) atoms. The van der Waals surface area contributed by atoms with Crippen molar-refractivity contribution in [3.05, 3.63) is 35.9 Å². The van der Waals surface area contributed by atoms with Crippen molar-refractivity contribution in [2.24, 2.45) is 17.3 Å². The van der Waals surface area contributed by atoms with Gasteiger partial charge < -0.3 is 14.4 Å². The molecule has 4 bridgehead atoms. The van der Waals surface area contributed by atoms with E-state index < -0.39 is 0 Å². The maximum absolute atomic E-state index is 13.9. The van der Waals surface area contributed by atoms with Crippen LogP contribution < -0.4 is 9.47 Å². The molecule has 2 aromatic rings. The molecule has 1 aromatic carbocycles. The Balaban J connectivity index is 1.40. The first-order valence-corrected chi connectivity index (χ1v) is 11.2. The Morgan fingerprint density at radius 1 is 1.16 bits per heavy atom. The predicted octanol–water partition coefficient (Wildman–Crippen LogP) is 3.56. The Labute approximate surface area is 183 Å². The number of aryl methyl sites for hydroxylation is 1. The first-order valence-electron chi connectivity index (χ1n) is 11.2. The summed E-state index contributed by atoms with van der Waals surface area (Å²) >= 11 is 0. The summed E-state index contributed by atoms with van der Waals surface area (Å²) in [5.74, 6) is 3.68. The molecule has 1 heterocycles. The molecule has 4 aliphatic carbocycles. The van der Waals surface area contributed by atoms with Crippen LogP contribution in [0.15, 0.2) is 24.5 Å². The zero-order valence-corrected chi connectivity index (χ0v) is 18.9. The van der Waals surface area contributed by atoms with E-state index in [1.54, 1.807) is 14.2 Å². The summed E-state index contributed by atoms with van der Waals surface area (Å²) in [5, 5.41) is 4.69. The van der Waals surface area contributed by atoms with Gasteiger partial charge in [-0.15, -0.1) is 0 Å². The molecule has 0 aliphatic heterocycles. The number of benzene rings is 1. The van der Waals surface area contributed by atoms with Gasteiger partial charge in [0, 0.05) is 13.6 Å². The highest BCUT2D eigenvalue weighted by atomic mass is 16.5. The summed E-state index contributed by atoms with van der Waals surface area (Å²) in [6, 6.07) is 5.87. The van der Waals surface area contributed by atoms with Crippen LogP contribution in [0.1, 0.15) is 49.9 Å². The van der Waals surface area contributed by atoms with Gasteiger partial charge >= 0.3 is 0 Å². The van der Waals surface area contributed by atoms with E-state index in [1.165, 1.54) is 6.42 Å². The second kappa shape index (κ2) is 7.24. The number of amides is 1. The van der Waals surface area contributed by atoms with Crippen molar-refractivity contribution < 1.29 is 14.3 Å². The number of methoxy groups -OCH3 is 2. The maximum Gasteiger partial charge on any atom is 0.228 e. The van der Waals surface area contributed by atoms with Gasteiger partial charge in [0.15, 0.2) is 11.5 Å². The van der Waals surface area contributed by atoms with Crippen LogP contribution in [0.25, 0.3) is 0 Å². The Bertz CT molecular complexity index is 986. The minimum Gasteiger partial charge on any atom is -0.493 e. The van der Waals surface area contributed by atoms with Gasteiger partial charge in [-0.05, 0) is 75.0 Å². The van der Waals surface area contributed by atoms with Crippen LogP contribution in [0.5, 0.6) is 11.5 Å². The van der Waals surface area contributed by atoms with Crippen LogP contribution in [0, 0.1) is 24.2 Å². The van der Waals surface area contributed by atoms with Crippen LogP contribution in [-0.4, -0.2) is 46.8 Å². The molecule has 2 unspecified atom stereocenters. The Hall–Kier alpha value is -2.57. The third-order valence-corrected chi connectivity index (χ3v) is 7.79. The van der Waals surface area contributed by atoms with Crippen molar-refractivity contribution in [3.8, 4) is 11.5 Å². The van der Waals surface area contributed by atoms with E-state index >= 15 is 0 Å². The summed E-state index contributed by atoms with van der Waals surface area (Å²) in [5.41, 5.74) is 0.709. The average Bonchev–Trinajstić information content (AvgIpc) is 3.19. The van der Waals surface area contributed by atoms with Gasteiger partial charge in [0.05, 0.1) is 25.2 Å². The SMILES string of the molecule is COc1ccc(CN(C)C(=O)C23CC4CC(C2)CC(n2cnc(C)n2)(C4)C3)cc1OC. The van der Waals surface area contributed by atoms with E-state index in [-0.39, 0.29) is 16.9 Å². The normalized spacial score (nSPS) is 31.0. The number of carbonyl (C=O) groups excluding carboxylic acids is 1. The molecule has 2 atom stereocenters. The van der Waals surface area contributed by atoms with Crippen molar-refractivity contribution in [3.63, 3.8) is 0 Å². The van der Waals surface area contributed by atoms with Gasteiger partial charge in [0.2, 0.25) is 5.91 Å². The van der Waals surface area contributed by atoms with Gasteiger partial charge in [0.25, 0.3) is 0 Å². The molecule has 0 radical (unpaired) electrons. The standard InChI is InChI=1S/C24H32N4O3/c1-16-25-15-28(26-16)24-11-18-7-19(12-24)10-23(9-18,14-24)22(29)27(2)13-17-5-6-20(30-3)21(8-17)31-4/h5-6,8,15,18-19H,7,9-14H2,1-4H3. The zero-order valence-electron chi connectivity index (χ0n) is 18.9. The minimum atomic E-state index is -0.282. The molecule has 0 saturated heterocycles. The van der Waals surface area contributed by atoms with Crippen molar-refractivity contribution >= 4 is 5.91 Å². The highest BCUT2D eigenvalue weighted by Gasteiger charge is 2.62. The first kappa shape index (κ1) is 20.3. The van der Waals surface area contributed by atoms with E-state index in [2.05, 4.69) is 9.67 Å². The molecule has 7 nitrogen and oxygen atoms in total. The fourth-order valence-electron chi connectivity index (χ4n) is 7.04. The lowest BCUT2D eigenvalue weighted by atomic mass is 9.46. The van der Waals surface area contributed by atoms with Crippen LogP contribution in [-0.2, 0) is 16.9 Å². The van der Waals surface area contributed by atoms with Crippen LogP contribution in [0.2, 0.25) is 0 Å². The second-order valence-corrected chi connectivity index (χ2v) is 10.1. The lowest BCUT2D eigenvalue weighted by molar-refractivity contribution is -0.166. The van der Waals surface area contributed by atoms with Crippen molar-refractivity contribution in [1.82, 2.24) is 19.7 Å². The number of ether oxygens (including phenoxy) is 2. The van der Waals surface area contributed by atoms with Crippen molar-refractivity contribution in [2.75, 3.05) is 21.3 Å². The number of nitrogens with zero attached hydrogens (tertiary/aromatic N) is 4. The van der Waals surface area contributed by atoms with E-state index in [0.717, 1.165) is 43.5 Å². The van der Waals surface area contributed by atoms with Crippen LogP contribution >= 0.6 is 0 Å². The molecule has 0 N–H and O–H groups in total. The summed E-state index contributed by atoms with van der Waals surface area (Å²) in [4.78, 5) is 20.2. The largest absolute Gasteiger partial charge is 0.493 e. The van der Waals surface area contributed by atoms with E-state index in [1.807, 2.05) is 43.4 Å². The Morgan fingerprint density at radius 2 is 1.87 bits per heavy atom. The fourth-order valence-corrected chi connectivity index (χ4v) is 7.04. The highest BCUT2D eigenvalue weighted by Crippen LogP contribution is 2.64. The number of rotatable bonds is 6. The van der Waals surface area contributed by atoms with Crippen molar-refractivity contribution in [2.45, 2.75) is 57.5 Å². The highest BCUT2D eigenvalue weighted by molar-refractivity contribution is 5.83. The summed E-state index contributed by atoms with van der Waals surface area (Å²) < 4.78 is 12.9. The third kappa shape index (κ3) is 3.29. The monoisotopic (exact) mass is 424 g/mol. The molecule has 4 saturated carbocycles. The van der Waals surface area contributed by atoms with Crippen molar-refractivity contribution in [1.29, 1.82) is 0 Å². The Kier molecular flexibility index (Phi) is 4.75. The van der Waals surface area contributed by atoms with Gasteiger partial charge in [-0.1, -0.05) is 6.07 Å². The lowest BCUT2D eigenvalue weighted by Crippen LogP contribution is -2.61. The Morgan fingerprint density at radius 3 is 2.48 bits per heavy atom. The molecular formula is C24H32N4O3. The van der Waals surface area contributed by atoms with E-state index in [4.69, 9.17) is 14.6 Å². The second-order valence-electron chi connectivity index (χ2n) is 10.1. The van der Waals surface area contributed by atoms with E-state index in [0.29, 0.717) is 29.9 Å². The molecule has 1 aromatic heterocycles. The van der Waals surface area contributed by atoms with Crippen LogP contribution in [0.4, 0.5) is 0 Å². The summed E-state index contributed by atoms with van der Waals surface area (Å²) in [6.07, 6.45) is 8.28. The molecule has 6 rings (SSSR count). The molecule has 166 valence electrons. The topological polar surface area (TPSA) is 69.5 Å². The molecule has 1 amide bonds. The molecular weight excluding hydrogens is 392 g/mol. The smallest absolute Gasteiger partial charge is 0.228 e. The number of aromatic nitrogens is 3. The lowest BCUT2D eigenvalue weighted by Gasteiger charge is -2.61. The minimum absolute atomic E-state index is 0.0504. The number of hydrogen-bond donors (Lipinski definition) is 0. The first-order chi connectivity index (χ1) is 14.9. The molecule has 0 spiro atoms. The van der Waals surface area contributed by atoms with Gasteiger partial charge in [-0.25, -0.2) is 9.67 Å². The van der Waals surface area contributed by atoms with Crippen LogP contribution in [0.3, 0.4) is 0 Å². The molecule has 4 aliphatic rings. The fraction of sp³-hybridized carbons (Fsp3) is 0.625. The zero-order chi connectivity index (χ0) is 21.8.